The third-order valence-corrected chi connectivity index (χ3v) is 5.38. The molecule has 9 heteroatoms. The Balaban J connectivity index is 1.52. The van der Waals surface area contributed by atoms with E-state index in [1.807, 2.05) is 37.3 Å². The number of likely N-dealkylation sites (tertiary alicyclic amines) is 1. The zero-order valence-electron chi connectivity index (χ0n) is 16.6. The number of hydrogen-bond donors (Lipinski definition) is 1. The van der Waals surface area contributed by atoms with Gasteiger partial charge in [-0.15, -0.1) is 0 Å². The average Bonchev–Trinajstić information content (AvgIpc) is 3.15. The van der Waals surface area contributed by atoms with Crippen LogP contribution in [0.2, 0.25) is 0 Å². The fourth-order valence-electron chi connectivity index (χ4n) is 3.83. The third-order valence-electron chi connectivity index (χ3n) is 5.38. The maximum atomic E-state index is 12.8. The predicted octanol–water partition coefficient (Wildman–Crippen LogP) is 0.917. The van der Waals surface area contributed by atoms with E-state index in [1.54, 1.807) is 4.57 Å². The van der Waals surface area contributed by atoms with Crippen LogP contribution in [0, 0.1) is 25.7 Å². The van der Waals surface area contributed by atoms with E-state index in [1.165, 1.54) is 0 Å². The van der Waals surface area contributed by atoms with Gasteiger partial charge in [0.2, 0.25) is 5.91 Å². The first-order valence-electron chi connectivity index (χ1n) is 9.70. The molecule has 1 atom stereocenters. The second-order valence-corrected chi connectivity index (χ2v) is 7.45. The maximum absolute atomic E-state index is 12.8. The minimum Gasteiger partial charge on any atom is -0.342 e. The molecule has 1 fully saturated rings. The molecule has 2 aromatic heterocycles. The van der Waals surface area contributed by atoms with Gasteiger partial charge in [0.25, 0.3) is 0 Å². The molecule has 9 nitrogen and oxygen atoms in total. The van der Waals surface area contributed by atoms with Crippen LogP contribution < -0.4 is 5.69 Å². The summed E-state index contributed by atoms with van der Waals surface area (Å²) < 4.78 is 3.49. The van der Waals surface area contributed by atoms with Crippen LogP contribution in [0.15, 0.2) is 4.79 Å². The molecule has 0 aromatic carbocycles. The summed E-state index contributed by atoms with van der Waals surface area (Å²) in [6.45, 7) is 10.4. The van der Waals surface area contributed by atoms with Gasteiger partial charge >= 0.3 is 5.69 Å². The van der Waals surface area contributed by atoms with Crippen molar-refractivity contribution in [3.63, 3.8) is 0 Å². The topological polar surface area (TPSA) is 102 Å². The zero-order chi connectivity index (χ0) is 19.6. The number of aromatic nitrogens is 6. The molecule has 0 radical (unpaired) electrons. The summed E-state index contributed by atoms with van der Waals surface area (Å²) in [5, 5.41) is 11.0. The van der Waals surface area contributed by atoms with Crippen LogP contribution in [-0.2, 0) is 24.3 Å². The summed E-state index contributed by atoms with van der Waals surface area (Å²) in [5.41, 5.74) is -0.146. The van der Waals surface area contributed by atoms with Crippen molar-refractivity contribution < 1.29 is 4.79 Å². The van der Waals surface area contributed by atoms with Gasteiger partial charge in [-0.05, 0) is 39.5 Å². The Hall–Kier alpha value is -2.45. The molecular weight excluding hydrogens is 346 g/mol. The van der Waals surface area contributed by atoms with E-state index in [2.05, 4.69) is 20.3 Å². The Labute approximate surface area is 158 Å². The number of aromatic amines is 1. The Morgan fingerprint density at radius 2 is 2.00 bits per heavy atom. The zero-order valence-corrected chi connectivity index (χ0v) is 16.6. The van der Waals surface area contributed by atoms with Crippen molar-refractivity contribution in [3.05, 3.63) is 28.0 Å². The van der Waals surface area contributed by atoms with Crippen LogP contribution in [0.25, 0.3) is 0 Å². The highest BCUT2D eigenvalue weighted by molar-refractivity contribution is 5.78. The first kappa shape index (κ1) is 19.3. The summed E-state index contributed by atoms with van der Waals surface area (Å²) in [6, 6.07) is 0. The fourth-order valence-corrected chi connectivity index (χ4v) is 3.83. The van der Waals surface area contributed by atoms with Crippen molar-refractivity contribution in [2.45, 2.75) is 60.0 Å². The van der Waals surface area contributed by atoms with Gasteiger partial charge in [0.15, 0.2) is 0 Å². The maximum Gasteiger partial charge on any atom is 0.343 e. The summed E-state index contributed by atoms with van der Waals surface area (Å²) in [5.74, 6) is 2.88. The summed E-state index contributed by atoms with van der Waals surface area (Å²) in [6.07, 6.45) is 2.65. The standard InChI is InChI=1S/C18H29N7O2/c1-5-24-16(20-21-18(24)27)10-15-6-8-23(9-7-15)17(26)12(2)11-25-14(4)19-13(3)22-25/h12,15H,5-11H2,1-4H3,(H,21,27)/t12-/m1/s1. The number of piperidine rings is 1. The van der Waals surface area contributed by atoms with Crippen molar-refractivity contribution in [1.29, 1.82) is 0 Å². The van der Waals surface area contributed by atoms with Crippen molar-refractivity contribution in [3.8, 4) is 0 Å². The molecule has 3 rings (SSSR count). The van der Waals surface area contributed by atoms with Gasteiger partial charge in [-0.25, -0.2) is 19.6 Å². The number of nitrogens with one attached hydrogen (secondary N) is 1. The van der Waals surface area contributed by atoms with E-state index >= 15 is 0 Å². The largest absolute Gasteiger partial charge is 0.343 e. The van der Waals surface area contributed by atoms with E-state index < -0.39 is 0 Å². The smallest absolute Gasteiger partial charge is 0.342 e. The molecule has 0 spiro atoms. The van der Waals surface area contributed by atoms with Crippen LogP contribution in [0.4, 0.5) is 0 Å². The van der Waals surface area contributed by atoms with Gasteiger partial charge in [0.05, 0.1) is 12.5 Å². The van der Waals surface area contributed by atoms with Crippen LogP contribution in [0.5, 0.6) is 0 Å². The van der Waals surface area contributed by atoms with Crippen LogP contribution in [0.1, 0.15) is 44.2 Å². The van der Waals surface area contributed by atoms with Crippen molar-refractivity contribution in [1.82, 2.24) is 34.4 Å². The molecule has 1 saturated heterocycles. The fraction of sp³-hybridized carbons (Fsp3) is 0.722. The van der Waals surface area contributed by atoms with Crippen LogP contribution >= 0.6 is 0 Å². The van der Waals surface area contributed by atoms with Gasteiger partial charge in [-0.2, -0.15) is 10.2 Å². The lowest BCUT2D eigenvalue weighted by Crippen LogP contribution is -2.42. The van der Waals surface area contributed by atoms with Crippen LogP contribution in [-0.4, -0.2) is 53.4 Å². The van der Waals surface area contributed by atoms with Gasteiger partial charge in [-0.1, -0.05) is 6.92 Å². The molecule has 0 aliphatic carbocycles. The number of rotatable bonds is 6. The third kappa shape index (κ3) is 4.28. The van der Waals surface area contributed by atoms with E-state index in [0.29, 0.717) is 19.0 Å². The van der Waals surface area contributed by atoms with Crippen LogP contribution in [0.3, 0.4) is 0 Å². The monoisotopic (exact) mass is 375 g/mol. The molecule has 0 unspecified atom stereocenters. The number of carbonyl (C=O) groups excluding carboxylic acids is 1. The van der Waals surface area contributed by atoms with Gasteiger partial charge < -0.3 is 4.90 Å². The Morgan fingerprint density at radius 3 is 2.59 bits per heavy atom. The predicted molar refractivity (Wildman–Crippen MR) is 100 cm³/mol. The highest BCUT2D eigenvalue weighted by Crippen LogP contribution is 2.22. The number of hydrogen-bond acceptors (Lipinski definition) is 5. The molecule has 0 bridgehead atoms. The van der Waals surface area contributed by atoms with Gasteiger partial charge in [0, 0.05) is 26.1 Å². The summed E-state index contributed by atoms with van der Waals surface area (Å²) in [4.78, 5) is 30.7. The second kappa shape index (κ2) is 8.06. The Bertz CT molecular complexity index is 842. The molecule has 2 aromatic rings. The highest BCUT2D eigenvalue weighted by atomic mass is 16.2. The molecule has 1 amide bonds. The van der Waals surface area contributed by atoms with Crippen molar-refractivity contribution in [2.75, 3.05) is 13.1 Å². The first-order chi connectivity index (χ1) is 12.9. The first-order valence-corrected chi connectivity index (χ1v) is 9.70. The van der Waals surface area contributed by atoms with Crippen molar-refractivity contribution in [2.24, 2.45) is 11.8 Å². The van der Waals surface area contributed by atoms with Gasteiger partial charge in [0.1, 0.15) is 17.5 Å². The minimum absolute atomic E-state index is 0.127. The average molecular weight is 375 g/mol. The lowest BCUT2D eigenvalue weighted by Gasteiger charge is -2.33. The molecular formula is C18H29N7O2. The highest BCUT2D eigenvalue weighted by Gasteiger charge is 2.27. The summed E-state index contributed by atoms with van der Waals surface area (Å²) in [7, 11) is 0. The lowest BCUT2D eigenvalue weighted by molar-refractivity contribution is -0.136. The van der Waals surface area contributed by atoms with Gasteiger partial charge in [-0.3, -0.25) is 9.36 Å². The normalized spacial score (nSPS) is 16.7. The Morgan fingerprint density at radius 1 is 1.30 bits per heavy atom. The van der Waals surface area contributed by atoms with E-state index in [-0.39, 0.29) is 17.5 Å². The summed E-state index contributed by atoms with van der Waals surface area (Å²) >= 11 is 0. The molecule has 3 heterocycles. The minimum atomic E-state index is -0.146. The molecule has 148 valence electrons. The SMILES string of the molecule is CCn1c(CC2CCN(C(=O)[C@H](C)Cn3nc(C)nc3C)CC2)n[nH]c1=O. The van der Waals surface area contributed by atoms with E-state index in [0.717, 1.165) is 49.8 Å². The number of amides is 1. The molecule has 1 aliphatic rings. The molecule has 1 aliphatic heterocycles. The number of aryl methyl sites for hydroxylation is 2. The lowest BCUT2D eigenvalue weighted by atomic mass is 9.92. The second-order valence-electron chi connectivity index (χ2n) is 7.45. The number of H-pyrrole nitrogens is 1. The number of carbonyl (C=O) groups is 1. The molecule has 0 saturated carbocycles. The quantitative estimate of drug-likeness (QED) is 0.809. The van der Waals surface area contributed by atoms with Crippen molar-refractivity contribution >= 4 is 5.91 Å². The van der Waals surface area contributed by atoms with E-state index in [4.69, 9.17) is 0 Å². The molecule has 1 N–H and O–H groups in total. The number of nitrogens with zero attached hydrogens (tertiary/aromatic N) is 6. The Kier molecular flexibility index (Phi) is 5.76. The molecule has 27 heavy (non-hydrogen) atoms. The van der Waals surface area contributed by atoms with E-state index in [9.17, 15) is 9.59 Å².